The number of hydrogen-bond acceptors (Lipinski definition) is 6. The predicted octanol–water partition coefficient (Wildman–Crippen LogP) is 0.670. The highest BCUT2D eigenvalue weighted by molar-refractivity contribution is 6.40. The van der Waals surface area contributed by atoms with Crippen molar-refractivity contribution < 1.29 is 30.0 Å². The van der Waals surface area contributed by atoms with E-state index in [1.165, 1.54) is 0 Å². The van der Waals surface area contributed by atoms with Gasteiger partial charge in [-0.3, -0.25) is 9.59 Å². The van der Waals surface area contributed by atoms with Crippen molar-refractivity contribution in [3.05, 3.63) is 70.8 Å². The third kappa shape index (κ3) is 5.33. The number of rotatable bonds is 9. The smallest absolute Gasteiger partial charge is 0.232 e. The molecule has 2 rings (SSSR count). The monoisotopic (exact) mass is 386 g/mol. The maximum atomic E-state index is 12.2. The van der Waals surface area contributed by atoms with Gasteiger partial charge in [0.1, 0.15) is 12.2 Å². The van der Waals surface area contributed by atoms with E-state index in [2.05, 4.69) is 0 Å². The van der Waals surface area contributed by atoms with Gasteiger partial charge < -0.3 is 20.4 Å². The molecule has 0 heterocycles. The Morgan fingerprint density at radius 3 is 1.32 bits per heavy atom. The molecule has 0 spiro atoms. The minimum absolute atomic E-state index is 0.0191. The lowest BCUT2D eigenvalue weighted by molar-refractivity contribution is -0.152. The Morgan fingerprint density at radius 2 is 1.00 bits per heavy atom. The zero-order valence-corrected chi connectivity index (χ0v) is 15.9. The first-order valence-corrected chi connectivity index (χ1v) is 9.11. The van der Waals surface area contributed by atoms with Crippen LogP contribution in [0, 0.1) is 13.8 Å². The molecule has 0 fully saturated rings. The Kier molecular flexibility index (Phi) is 7.60. The number of carbonyl (C=O) groups is 2. The Labute approximate surface area is 164 Å². The van der Waals surface area contributed by atoms with E-state index in [0.717, 1.165) is 22.3 Å². The molecule has 150 valence electrons. The van der Waals surface area contributed by atoms with Crippen LogP contribution in [0.1, 0.15) is 22.3 Å². The van der Waals surface area contributed by atoms with E-state index in [-0.39, 0.29) is 12.8 Å². The van der Waals surface area contributed by atoms with Crippen molar-refractivity contribution in [2.45, 2.75) is 51.1 Å². The first-order chi connectivity index (χ1) is 13.2. The summed E-state index contributed by atoms with van der Waals surface area (Å²) in [7, 11) is 0. The van der Waals surface area contributed by atoms with Crippen LogP contribution in [-0.4, -0.2) is 56.4 Å². The molecule has 6 nitrogen and oxygen atoms in total. The van der Waals surface area contributed by atoms with Gasteiger partial charge in [0.25, 0.3) is 0 Å². The maximum absolute atomic E-state index is 12.2. The van der Waals surface area contributed by atoms with Gasteiger partial charge >= 0.3 is 0 Å². The number of aryl methyl sites for hydroxylation is 2. The Morgan fingerprint density at radius 1 is 0.679 bits per heavy atom. The topological polar surface area (TPSA) is 115 Å². The molecule has 0 saturated heterocycles. The molecule has 0 aromatic heterocycles. The van der Waals surface area contributed by atoms with Gasteiger partial charge in [0.15, 0.2) is 0 Å². The zero-order valence-electron chi connectivity index (χ0n) is 15.9. The van der Waals surface area contributed by atoms with Crippen LogP contribution in [0.25, 0.3) is 0 Å². The molecule has 0 amide bonds. The lowest BCUT2D eigenvalue weighted by atomic mass is 9.92. The second-order valence-corrected chi connectivity index (χ2v) is 7.01. The zero-order chi connectivity index (χ0) is 20.8. The van der Waals surface area contributed by atoms with Crippen molar-refractivity contribution >= 4 is 11.6 Å². The Balaban J connectivity index is 2.00. The molecule has 28 heavy (non-hydrogen) atoms. The second-order valence-electron chi connectivity index (χ2n) is 7.01. The lowest BCUT2D eigenvalue weighted by Gasteiger charge is -2.21. The minimum Gasteiger partial charge on any atom is -0.390 e. The molecule has 6 heteroatoms. The molecule has 0 saturated carbocycles. The molecule has 2 unspecified atom stereocenters. The summed E-state index contributed by atoms with van der Waals surface area (Å²) in [5, 5.41) is 40.4. The third-order valence-electron chi connectivity index (χ3n) is 4.89. The van der Waals surface area contributed by atoms with E-state index in [0.29, 0.717) is 0 Å². The molecular formula is C22H26O6. The maximum Gasteiger partial charge on any atom is 0.232 e. The Bertz CT molecular complexity index is 762. The van der Waals surface area contributed by atoms with Gasteiger partial charge in [-0.2, -0.15) is 0 Å². The van der Waals surface area contributed by atoms with Gasteiger partial charge in [0.2, 0.25) is 11.6 Å². The van der Waals surface area contributed by atoms with Crippen molar-refractivity contribution in [3.8, 4) is 0 Å². The van der Waals surface area contributed by atoms with Crippen LogP contribution in [-0.2, 0) is 22.4 Å². The van der Waals surface area contributed by atoms with Crippen molar-refractivity contribution in [2.75, 3.05) is 0 Å². The fourth-order valence-electron chi connectivity index (χ4n) is 2.99. The molecule has 0 aliphatic heterocycles. The van der Waals surface area contributed by atoms with E-state index in [1.54, 1.807) is 24.3 Å². The van der Waals surface area contributed by atoms with Gasteiger partial charge in [-0.1, -0.05) is 48.5 Å². The number of ketones is 2. The summed E-state index contributed by atoms with van der Waals surface area (Å²) < 4.78 is 0. The number of carbonyl (C=O) groups excluding carboxylic acids is 2. The van der Waals surface area contributed by atoms with Crippen molar-refractivity contribution in [3.63, 3.8) is 0 Å². The van der Waals surface area contributed by atoms with Crippen molar-refractivity contribution in [1.29, 1.82) is 0 Å². The van der Waals surface area contributed by atoms with Crippen LogP contribution in [0.3, 0.4) is 0 Å². The fourth-order valence-corrected chi connectivity index (χ4v) is 2.99. The summed E-state index contributed by atoms with van der Waals surface area (Å²) in [6.45, 7) is 3.65. The first kappa shape index (κ1) is 21.9. The van der Waals surface area contributed by atoms with E-state index in [1.807, 2.05) is 38.1 Å². The van der Waals surface area contributed by atoms with E-state index in [4.69, 9.17) is 0 Å². The summed E-state index contributed by atoms with van der Waals surface area (Å²) in [6, 6.07) is 14.3. The standard InChI is InChI=1S/C22H26O6/c1-13-7-3-5-9-15(13)11-17(23)19(25)21(27)22(28)20(26)18(24)12-16-10-6-4-8-14(16)2/h3-10,17-20,23-26H,11-12H2,1-2H3/t17?,18?,19-,20+. The molecular weight excluding hydrogens is 360 g/mol. The van der Waals surface area contributed by atoms with Crippen LogP contribution in [0.5, 0.6) is 0 Å². The molecule has 0 aliphatic carbocycles. The highest BCUT2D eigenvalue weighted by Crippen LogP contribution is 2.15. The number of benzene rings is 2. The predicted molar refractivity (Wildman–Crippen MR) is 104 cm³/mol. The summed E-state index contributed by atoms with van der Waals surface area (Å²) in [5.41, 5.74) is 3.21. The van der Waals surface area contributed by atoms with E-state index in [9.17, 15) is 30.0 Å². The van der Waals surface area contributed by atoms with Gasteiger partial charge in [-0.15, -0.1) is 0 Å². The summed E-state index contributed by atoms with van der Waals surface area (Å²) >= 11 is 0. The average Bonchev–Trinajstić information content (AvgIpc) is 2.69. The third-order valence-corrected chi connectivity index (χ3v) is 4.89. The van der Waals surface area contributed by atoms with Gasteiger partial charge in [-0.05, 0) is 36.1 Å². The van der Waals surface area contributed by atoms with Crippen LogP contribution < -0.4 is 0 Å². The number of Topliss-reactive ketones (excluding diaryl/α,β-unsaturated/α-hetero) is 2. The van der Waals surface area contributed by atoms with E-state index < -0.39 is 36.0 Å². The lowest BCUT2D eigenvalue weighted by Crippen LogP contribution is -2.47. The second kappa shape index (κ2) is 9.71. The Hall–Kier alpha value is -2.38. The van der Waals surface area contributed by atoms with Crippen LogP contribution in [0.2, 0.25) is 0 Å². The first-order valence-electron chi connectivity index (χ1n) is 9.11. The van der Waals surface area contributed by atoms with Gasteiger partial charge in [0.05, 0.1) is 12.2 Å². The van der Waals surface area contributed by atoms with E-state index >= 15 is 0 Å². The highest BCUT2D eigenvalue weighted by atomic mass is 16.3. The number of hydrogen-bond donors (Lipinski definition) is 4. The quantitative estimate of drug-likeness (QED) is 0.471. The largest absolute Gasteiger partial charge is 0.390 e. The van der Waals surface area contributed by atoms with Crippen LogP contribution in [0.4, 0.5) is 0 Å². The molecule has 0 aliphatic rings. The SMILES string of the molecule is Cc1ccccc1CC(O)[C@H](O)C(=O)C(=O)[C@H](O)C(O)Cc1ccccc1C. The fraction of sp³-hybridized carbons (Fsp3) is 0.364. The van der Waals surface area contributed by atoms with Crippen molar-refractivity contribution in [2.24, 2.45) is 0 Å². The minimum atomic E-state index is -1.98. The molecule has 2 aromatic carbocycles. The average molecular weight is 386 g/mol. The van der Waals surface area contributed by atoms with Gasteiger partial charge in [-0.25, -0.2) is 0 Å². The normalized spacial score (nSPS) is 15.5. The van der Waals surface area contributed by atoms with Crippen LogP contribution in [0.15, 0.2) is 48.5 Å². The molecule has 2 aromatic rings. The van der Waals surface area contributed by atoms with Gasteiger partial charge in [0, 0.05) is 12.8 Å². The van der Waals surface area contributed by atoms with Crippen molar-refractivity contribution in [1.82, 2.24) is 0 Å². The summed E-state index contributed by atoms with van der Waals surface area (Å²) in [4.78, 5) is 24.4. The number of aliphatic hydroxyl groups is 4. The molecule has 0 radical (unpaired) electrons. The summed E-state index contributed by atoms with van der Waals surface area (Å²) in [5.74, 6) is -2.64. The molecule has 4 atom stereocenters. The number of aliphatic hydroxyl groups excluding tert-OH is 4. The highest BCUT2D eigenvalue weighted by Gasteiger charge is 2.36. The molecule has 4 N–H and O–H groups in total. The summed E-state index contributed by atoms with van der Waals surface area (Å²) in [6.07, 6.45) is -7.00. The molecule has 0 bridgehead atoms. The van der Waals surface area contributed by atoms with Crippen LogP contribution >= 0.6 is 0 Å².